The average molecular weight is 375 g/mol. The fraction of sp³-hybridized carbons (Fsp3) is 0.130. The molecule has 142 valence electrons. The topological polar surface area (TPSA) is 72.6 Å². The Kier molecular flexibility index (Phi) is 6.07. The first-order valence-corrected chi connectivity index (χ1v) is 8.86. The minimum atomic E-state index is -0.973. The van der Waals surface area contributed by atoms with Crippen molar-refractivity contribution in [3.05, 3.63) is 89.8 Å². The number of carboxylic acids is 1. The zero-order chi connectivity index (χ0) is 19.9. The lowest BCUT2D eigenvalue weighted by atomic mass is 10.1. The van der Waals surface area contributed by atoms with E-state index in [1.54, 1.807) is 6.08 Å². The van der Waals surface area contributed by atoms with Crippen molar-refractivity contribution in [3.8, 4) is 17.2 Å². The molecule has 5 nitrogen and oxygen atoms in total. The maximum absolute atomic E-state index is 10.6. The van der Waals surface area contributed by atoms with Crippen LogP contribution in [0.25, 0.3) is 17.0 Å². The molecule has 3 aromatic rings. The highest BCUT2D eigenvalue weighted by atomic mass is 16.5. The summed E-state index contributed by atoms with van der Waals surface area (Å²) in [6.45, 7) is 4.09. The molecule has 5 heteroatoms. The minimum absolute atomic E-state index is 0.299. The van der Waals surface area contributed by atoms with E-state index in [9.17, 15) is 4.79 Å². The van der Waals surface area contributed by atoms with Gasteiger partial charge in [-0.1, -0.05) is 42.5 Å². The summed E-state index contributed by atoms with van der Waals surface area (Å²) in [6.07, 6.45) is 4.36. The summed E-state index contributed by atoms with van der Waals surface area (Å²) < 4.78 is 11.7. The van der Waals surface area contributed by atoms with E-state index < -0.39 is 5.97 Å². The van der Waals surface area contributed by atoms with Crippen molar-refractivity contribution in [1.29, 1.82) is 0 Å². The number of ether oxygens (including phenoxy) is 1. The molecule has 0 bridgehead atoms. The molecule has 2 aromatic carbocycles. The van der Waals surface area contributed by atoms with Gasteiger partial charge in [0.05, 0.1) is 0 Å². The van der Waals surface area contributed by atoms with Crippen LogP contribution in [0.3, 0.4) is 0 Å². The van der Waals surface area contributed by atoms with Gasteiger partial charge in [0.2, 0.25) is 5.89 Å². The molecule has 0 aliphatic heterocycles. The lowest BCUT2D eigenvalue weighted by molar-refractivity contribution is -0.131. The molecule has 0 saturated carbocycles. The van der Waals surface area contributed by atoms with E-state index in [0.717, 1.165) is 34.2 Å². The van der Waals surface area contributed by atoms with Crippen LogP contribution in [-0.2, 0) is 11.4 Å². The Morgan fingerprint density at radius 3 is 2.71 bits per heavy atom. The highest BCUT2D eigenvalue weighted by molar-refractivity contribution is 5.80. The normalized spacial score (nSPS) is 11.7. The molecule has 0 spiro atoms. The van der Waals surface area contributed by atoms with Crippen LogP contribution in [0.5, 0.6) is 5.75 Å². The first-order valence-electron chi connectivity index (χ1n) is 8.86. The highest BCUT2D eigenvalue weighted by Gasteiger charge is 2.12. The Morgan fingerprint density at radius 2 is 1.96 bits per heavy atom. The van der Waals surface area contributed by atoms with Gasteiger partial charge in [-0.3, -0.25) is 0 Å². The number of allylic oxidation sites excluding steroid dienone is 3. The largest absolute Gasteiger partial charge is 0.487 e. The fourth-order valence-corrected chi connectivity index (χ4v) is 2.62. The second kappa shape index (κ2) is 8.86. The third kappa shape index (κ3) is 4.98. The Hall–Kier alpha value is -3.60. The third-order valence-corrected chi connectivity index (χ3v) is 4.16. The summed E-state index contributed by atoms with van der Waals surface area (Å²) in [5.41, 5.74) is 3.57. The maximum Gasteiger partial charge on any atom is 0.328 e. The molecule has 0 atom stereocenters. The van der Waals surface area contributed by atoms with E-state index in [0.29, 0.717) is 18.2 Å². The zero-order valence-electron chi connectivity index (χ0n) is 15.8. The van der Waals surface area contributed by atoms with Crippen molar-refractivity contribution in [2.24, 2.45) is 0 Å². The van der Waals surface area contributed by atoms with Crippen LogP contribution in [-0.4, -0.2) is 16.1 Å². The van der Waals surface area contributed by atoms with Crippen LogP contribution in [0.15, 0.2) is 77.2 Å². The molecule has 1 N–H and O–H groups in total. The van der Waals surface area contributed by atoms with E-state index >= 15 is 0 Å². The van der Waals surface area contributed by atoms with Crippen molar-refractivity contribution in [1.82, 2.24) is 4.98 Å². The number of rotatable bonds is 7. The molecular weight excluding hydrogens is 354 g/mol. The van der Waals surface area contributed by atoms with Gasteiger partial charge in [-0.05, 0) is 49.2 Å². The summed E-state index contributed by atoms with van der Waals surface area (Å²) in [6, 6.07) is 17.4. The van der Waals surface area contributed by atoms with Gasteiger partial charge in [0.1, 0.15) is 23.8 Å². The van der Waals surface area contributed by atoms with Gasteiger partial charge >= 0.3 is 5.97 Å². The van der Waals surface area contributed by atoms with Crippen molar-refractivity contribution >= 4 is 11.5 Å². The quantitative estimate of drug-likeness (QED) is 0.450. The minimum Gasteiger partial charge on any atom is -0.487 e. The lowest BCUT2D eigenvalue weighted by Gasteiger charge is -2.07. The number of oxazole rings is 1. The number of benzene rings is 2. The Balaban J connectivity index is 1.70. The second-order valence-electron chi connectivity index (χ2n) is 6.25. The number of aliphatic carboxylic acids is 1. The summed E-state index contributed by atoms with van der Waals surface area (Å²) in [5, 5.41) is 8.67. The molecular formula is C23H21NO4. The SMILES string of the molecule is C/C(=C\C=C\C(=O)O)c1cccc(OCc2nc(-c3ccccc3)oc2C)c1. The van der Waals surface area contributed by atoms with Crippen molar-refractivity contribution in [2.75, 3.05) is 0 Å². The first-order chi connectivity index (χ1) is 13.5. The Labute approximate surface area is 163 Å². The van der Waals surface area contributed by atoms with Crippen molar-refractivity contribution in [3.63, 3.8) is 0 Å². The number of hydrogen-bond donors (Lipinski definition) is 1. The smallest absolute Gasteiger partial charge is 0.328 e. The molecule has 0 unspecified atom stereocenters. The maximum atomic E-state index is 10.6. The fourth-order valence-electron chi connectivity index (χ4n) is 2.62. The molecule has 0 aliphatic carbocycles. The third-order valence-electron chi connectivity index (χ3n) is 4.16. The van der Waals surface area contributed by atoms with Crippen LogP contribution >= 0.6 is 0 Å². The molecule has 0 amide bonds. The summed E-state index contributed by atoms with van der Waals surface area (Å²) in [7, 11) is 0. The van der Waals surface area contributed by atoms with Crippen LogP contribution in [0.1, 0.15) is 23.9 Å². The number of aromatic nitrogens is 1. The molecule has 0 aliphatic rings. The average Bonchev–Trinajstić information content (AvgIpc) is 3.07. The number of carbonyl (C=O) groups is 1. The summed E-state index contributed by atoms with van der Waals surface area (Å²) in [5.74, 6) is 1.04. The zero-order valence-corrected chi connectivity index (χ0v) is 15.8. The molecule has 0 fully saturated rings. The molecule has 0 saturated heterocycles. The van der Waals surface area contributed by atoms with Crippen molar-refractivity contribution < 1.29 is 19.1 Å². The number of aryl methyl sites for hydroxylation is 1. The standard InChI is InChI=1S/C23H21NO4/c1-16(8-6-13-22(25)26)19-11-7-12-20(14-19)27-15-21-17(2)28-23(24-21)18-9-4-3-5-10-18/h3-14H,15H2,1-2H3,(H,25,26)/b13-6+,16-8+. The monoisotopic (exact) mass is 375 g/mol. The molecule has 1 heterocycles. The Morgan fingerprint density at radius 1 is 1.18 bits per heavy atom. The van der Waals surface area contributed by atoms with E-state index in [-0.39, 0.29) is 0 Å². The number of nitrogens with zero attached hydrogens (tertiary/aromatic N) is 1. The van der Waals surface area contributed by atoms with E-state index in [1.807, 2.05) is 68.4 Å². The highest BCUT2D eigenvalue weighted by Crippen LogP contribution is 2.24. The number of carboxylic acid groups (broad SMARTS) is 1. The summed E-state index contributed by atoms with van der Waals surface area (Å²) >= 11 is 0. The lowest BCUT2D eigenvalue weighted by Crippen LogP contribution is -1.98. The van der Waals surface area contributed by atoms with Gasteiger partial charge in [-0.15, -0.1) is 0 Å². The predicted molar refractivity (Wildman–Crippen MR) is 108 cm³/mol. The van der Waals surface area contributed by atoms with Crippen LogP contribution in [0, 0.1) is 6.92 Å². The Bertz CT molecular complexity index is 1020. The van der Waals surface area contributed by atoms with Gasteiger partial charge < -0.3 is 14.3 Å². The molecule has 0 radical (unpaired) electrons. The van der Waals surface area contributed by atoms with Crippen LogP contribution in [0.2, 0.25) is 0 Å². The van der Waals surface area contributed by atoms with Gasteiger partial charge in [0, 0.05) is 11.6 Å². The van der Waals surface area contributed by atoms with Crippen LogP contribution in [0.4, 0.5) is 0 Å². The van der Waals surface area contributed by atoms with Gasteiger partial charge in [0.15, 0.2) is 0 Å². The van der Waals surface area contributed by atoms with Gasteiger partial charge in [0.25, 0.3) is 0 Å². The van der Waals surface area contributed by atoms with Crippen molar-refractivity contribution in [2.45, 2.75) is 20.5 Å². The molecule has 1 aromatic heterocycles. The van der Waals surface area contributed by atoms with Crippen LogP contribution < -0.4 is 4.74 Å². The second-order valence-corrected chi connectivity index (χ2v) is 6.25. The van der Waals surface area contributed by atoms with Gasteiger partial charge in [-0.25, -0.2) is 9.78 Å². The predicted octanol–water partition coefficient (Wildman–Crippen LogP) is 5.27. The van der Waals surface area contributed by atoms with Gasteiger partial charge in [-0.2, -0.15) is 0 Å². The van der Waals surface area contributed by atoms with E-state index in [1.165, 1.54) is 6.08 Å². The summed E-state index contributed by atoms with van der Waals surface area (Å²) in [4.78, 5) is 15.1. The number of hydrogen-bond acceptors (Lipinski definition) is 4. The first kappa shape index (κ1) is 19.2. The van der Waals surface area contributed by atoms with E-state index in [2.05, 4.69) is 4.98 Å². The molecule has 28 heavy (non-hydrogen) atoms. The van der Waals surface area contributed by atoms with E-state index in [4.69, 9.17) is 14.3 Å². The molecule has 3 rings (SSSR count).